The summed E-state index contributed by atoms with van der Waals surface area (Å²) in [4.78, 5) is 7.98. The van der Waals surface area contributed by atoms with Gasteiger partial charge in [0.05, 0.1) is 6.04 Å². The highest BCUT2D eigenvalue weighted by molar-refractivity contribution is 6.31. The molecule has 2 aromatic rings. The van der Waals surface area contributed by atoms with E-state index in [1.54, 1.807) is 12.4 Å². The molecule has 1 atom stereocenters. The molecule has 0 saturated carbocycles. The number of hydrogen-bond acceptors (Lipinski definition) is 4. The van der Waals surface area contributed by atoms with Gasteiger partial charge in [0, 0.05) is 23.0 Å². The van der Waals surface area contributed by atoms with Crippen LogP contribution >= 0.6 is 11.6 Å². The Balaban J connectivity index is 2.21. The van der Waals surface area contributed by atoms with Gasteiger partial charge in [-0.15, -0.1) is 0 Å². The smallest absolute Gasteiger partial charge is 0.115 e. The zero-order valence-corrected chi connectivity index (χ0v) is 10.9. The van der Waals surface area contributed by atoms with Crippen LogP contribution in [-0.4, -0.2) is 9.97 Å². The maximum Gasteiger partial charge on any atom is 0.115 e. The van der Waals surface area contributed by atoms with Gasteiger partial charge in [0.25, 0.3) is 0 Å². The summed E-state index contributed by atoms with van der Waals surface area (Å²) in [6.07, 6.45) is 5.69. The molecule has 0 radical (unpaired) electrons. The van der Waals surface area contributed by atoms with Crippen LogP contribution in [0.4, 0.5) is 0 Å². The molecule has 1 unspecified atom stereocenters. The molecule has 0 fully saturated rings. The van der Waals surface area contributed by atoms with E-state index in [2.05, 4.69) is 15.4 Å². The van der Waals surface area contributed by atoms with E-state index in [9.17, 15) is 0 Å². The SMILES string of the molecule is Cc1ccc(CC(NN)c2cncnc2)c(Cl)c1. The van der Waals surface area contributed by atoms with Gasteiger partial charge in [-0.25, -0.2) is 9.97 Å². The lowest BCUT2D eigenvalue weighted by atomic mass is 10.0. The standard InChI is InChI=1S/C13H15ClN4/c1-9-2-3-10(12(14)4-9)5-13(18-15)11-6-16-8-17-7-11/h2-4,6-8,13,18H,5,15H2,1H3. The van der Waals surface area contributed by atoms with Gasteiger partial charge >= 0.3 is 0 Å². The van der Waals surface area contributed by atoms with Crippen molar-refractivity contribution in [3.63, 3.8) is 0 Å². The molecular weight excluding hydrogens is 248 g/mol. The van der Waals surface area contributed by atoms with Crippen molar-refractivity contribution in [3.8, 4) is 0 Å². The normalized spacial score (nSPS) is 12.4. The molecule has 4 nitrogen and oxygen atoms in total. The molecule has 1 heterocycles. The van der Waals surface area contributed by atoms with Crippen molar-refractivity contribution in [1.82, 2.24) is 15.4 Å². The second kappa shape index (κ2) is 5.91. The average Bonchev–Trinajstić information content (AvgIpc) is 2.39. The Morgan fingerprint density at radius 2 is 2.06 bits per heavy atom. The zero-order valence-electron chi connectivity index (χ0n) is 10.1. The monoisotopic (exact) mass is 262 g/mol. The minimum atomic E-state index is -0.0496. The summed E-state index contributed by atoms with van der Waals surface area (Å²) < 4.78 is 0. The van der Waals surface area contributed by atoms with Gasteiger partial charge in [-0.3, -0.25) is 11.3 Å². The molecular formula is C13H15ClN4. The molecule has 0 amide bonds. The molecule has 5 heteroatoms. The van der Waals surface area contributed by atoms with E-state index in [1.807, 2.05) is 25.1 Å². The highest BCUT2D eigenvalue weighted by atomic mass is 35.5. The summed E-state index contributed by atoms with van der Waals surface area (Å²) in [6, 6.07) is 5.96. The van der Waals surface area contributed by atoms with Gasteiger partial charge in [0.15, 0.2) is 0 Å². The minimum Gasteiger partial charge on any atom is -0.271 e. The van der Waals surface area contributed by atoms with Crippen LogP contribution in [0.25, 0.3) is 0 Å². The first kappa shape index (κ1) is 13.0. The topological polar surface area (TPSA) is 63.8 Å². The van der Waals surface area contributed by atoms with Crippen molar-refractivity contribution < 1.29 is 0 Å². The van der Waals surface area contributed by atoms with Crippen molar-refractivity contribution in [2.45, 2.75) is 19.4 Å². The Hall–Kier alpha value is -1.49. The fourth-order valence-electron chi connectivity index (χ4n) is 1.80. The fraction of sp³-hybridized carbons (Fsp3) is 0.231. The average molecular weight is 263 g/mol. The summed E-state index contributed by atoms with van der Waals surface area (Å²) in [5, 5.41) is 0.757. The third-order valence-electron chi connectivity index (χ3n) is 2.82. The second-order valence-electron chi connectivity index (χ2n) is 4.19. The maximum atomic E-state index is 6.22. The minimum absolute atomic E-state index is 0.0496. The van der Waals surface area contributed by atoms with Crippen LogP contribution in [0.3, 0.4) is 0 Å². The summed E-state index contributed by atoms with van der Waals surface area (Å²) in [5.74, 6) is 5.58. The number of benzene rings is 1. The van der Waals surface area contributed by atoms with Crippen LogP contribution < -0.4 is 11.3 Å². The van der Waals surface area contributed by atoms with Gasteiger partial charge in [0.2, 0.25) is 0 Å². The van der Waals surface area contributed by atoms with Crippen LogP contribution in [-0.2, 0) is 6.42 Å². The van der Waals surface area contributed by atoms with Gasteiger partial charge in [-0.2, -0.15) is 0 Å². The highest BCUT2D eigenvalue weighted by Gasteiger charge is 2.13. The number of aromatic nitrogens is 2. The van der Waals surface area contributed by atoms with Crippen LogP contribution in [0.1, 0.15) is 22.7 Å². The number of aryl methyl sites for hydroxylation is 1. The zero-order chi connectivity index (χ0) is 13.0. The number of hydrogen-bond donors (Lipinski definition) is 2. The van der Waals surface area contributed by atoms with E-state index in [-0.39, 0.29) is 6.04 Å². The fourth-order valence-corrected chi connectivity index (χ4v) is 2.11. The maximum absolute atomic E-state index is 6.22. The van der Waals surface area contributed by atoms with Gasteiger partial charge in [-0.1, -0.05) is 23.7 Å². The predicted octanol–water partition coefficient (Wildman–Crippen LogP) is 2.19. The van der Waals surface area contributed by atoms with E-state index in [0.717, 1.165) is 21.7 Å². The first-order chi connectivity index (χ1) is 8.70. The summed E-state index contributed by atoms with van der Waals surface area (Å²) in [6.45, 7) is 2.01. The number of hydrazine groups is 1. The molecule has 1 aromatic carbocycles. The molecule has 0 spiro atoms. The molecule has 0 aliphatic heterocycles. The number of nitrogens with two attached hydrogens (primary N) is 1. The number of nitrogens with zero attached hydrogens (tertiary/aromatic N) is 2. The number of halogens is 1. The molecule has 0 aliphatic rings. The van der Waals surface area contributed by atoms with Crippen molar-refractivity contribution in [2.75, 3.05) is 0 Å². The lowest BCUT2D eigenvalue weighted by Crippen LogP contribution is -2.29. The van der Waals surface area contributed by atoms with E-state index < -0.39 is 0 Å². The third kappa shape index (κ3) is 3.04. The first-order valence-electron chi connectivity index (χ1n) is 5.66. The lowest BCUT2D eigenvalue weighted by molar-refractivity contribution is 0.548. The quantitative estimate of drug-likeness (QED) is 0.655. The number of rotatable bonds is 4. The highest BCUT2D eigenvalue weighted by Crippen LogP contribution is 2.23. The Labute approximate surface area is 111 Å². The van der Waals surface area contributed by atoms with Crippen LogP contribution in [0, 0.1) is 6.92 Å². The predicted molar refractivity (Wildman–Crippen MR) is 72.0 cm³/mol. The van der Waals surface area contributed by atoms with Gasteiger partial charge < -0.3 is 0 Å². The van der Waals surface area contributed by atoms with E-state index in [1.165, 1.54) is 6.33 Å². The van der Waals surface area contributed by atoms with Crippen molar-refractivity contribution in [1.29, 1.82) is 0 Å². The molecule has 3 N–H and O–H groups in total. The first-order valence-corrected chi connectivity index (χ1v) is 6.04. The Morgan fingerprint density at radius 3 is 2.67 bits per heavy atom. The summed E-state index contributed by atoms with van der Waals surface area (Å²) in [7, 11) is 0. The Kier molecular flexibility index (Phi) is 4.25. The molecule has 0 aliphatic carbocycles. The molecule has 0 bridgehead atoms. The van der Waals surface area contributed by atoms with Crippen LogP contribution in [0.2, 0.25) is 5.02 Å². The summed E-state index contributed by atoms with van der Waals surface area (Å²) >= 11 is 6.22. The van der Waals surface area contributed by atoms with E-state index >= 15 is 0 Å². The largest absolute Gasteiger partial charge is 0.271 e. The molecule has 0 saturated heterocycles. The second-order valence-corrected chi connectivity index (χ2v) is 4.60. The third-order valence-corrected chi connectivity index (χ3v) is 3.17. The molecule has 2 rings (SSSR count). The van der Waals surface area contributed by atoms with E-state index in [4.69, 9.17) is 17.4 Å². The summed E-state index contributed by atoms with van der Waals surface area (Å²) in [5.41, 5.74) is 5.90. The van der Waals surface area contributed by atoms with Crippen molar-refractivity contribution in [2.24, 2.45) is 5.84 Å². The van der Waals surface area contributed by atoms with Gasteiger partial charge in [0.1, 0.15) is 6.33 Å². The molecule has 1 aromatic heterocycles. The Bertz CT molecular complexity index is 516. The number of nitrogens with one attached hydrogen (secondary N) is 1. The van der Waals surface area contributed by atoms with Gasteiger partial charge in [-0.05, 0) is 30.5 Å². The van der Waals surface area contributed by atoms with Crippen LogP contribution in [0.5, 0.6) is 0 Å². The molecule has 18 heavy (non-hydrogen) atoms. The lowest BCUT2D eigenvalue weighted by Gasteiger charge is -2.16. The van der Waals surface area contributed by atoms with E-state index in [0.29, 0.717) is 6.42 Å². The Morgan fingerprint density at radius 1 is 1.33 bits per heavy atom. The molecule has 94 valence electrons. The van der Waals surface area contributed by atoms with Crippen LogP contribution in [0.15, 0.2) is 36.9 Å². The van der Waals surface area contributed by atoms with Crippen molar-refractivity contribution >= 4 is 11.6 Å². The van der Waals surface area contributed by atoms with Crippen molar-refractivity contribution in [3.05, 3.63) is 58.6 Å².